The normalized spacial score (nSPS) is 11.9. The van der Waals surface area contributed by atoms with Crippen LogP contribution in [0.5, 0.6) is 0 Å². The zero-order valence-electron chi connectivity index (χ0n) is 30.4. The van der Waals surface area contributed by atoms with Gasteiger partial charge in [-0.15, -0.1) is 0 Å². The lowest BCUT2D eigenvalue weighted by Gasteiger charge is -2.13. The Labute approximate surface area is 325 Å². The van der Waals surface area contributed by atoms with E-state index < -0.39 is 0 Å². The van der Waals surface area contributed by atoms with Crippen LogP contribution in [0.25, 0.3) is 111 Å². The molecule has 0 fully saturated rings. The first-order valence-electron chi connectivity index (χ1n) is 19.0. The minimum Gasteiger partial charge on any atom is -0.435 e. The van der Waals surface area contributed by atoms with Crippen molar-refractivity contribution in [3.63, 3.8) is 0 Å². The summed E-state index contributed by atoms with van der Waals surface area (Å²) in [4.78, 5) is 20.8. The van der Waals surface area contributed by atoms with Gasteiger partial charge >= 0.3 is 0 Å². The summed E-state index contributed by atoms with van der Waals surface area (Å²) in [5.74, 6) is 2.10. The molecule has 12 aromatic rings. The molecule has 0 radical (unpaired) electrons. The molecule has 0 atom stereocenters. The van der Waals surface area contributed by atoms with Crippen molar-refractivity contribution in [2.24, 2.45) is 0 Å². The number of aromatic nitrogens is 6. The van der Waals surface area contributed by atoms with Crippen LogP contribution in [0.15, 0.2) is 186 Å². The summed E-state index contributed by atoms with van der Waals surface area (Å²) in [5.41, 5.74) is 9.16. The highest BCUT2D eigenvalue weighted by Gasteiger charge is 2.24. The van der Waals surface area contributed by atoms with E-state index in [0.717, 1.165) is 76.9 Å². The van der Waals surface area contributed by atoms with Crippen LogP contribution in [0.2, 0.25) is 0 Å². The summed E-state index contributed by atoms with van der Waals surface area (Å²) in [6.45, 7) is 0. The predicted octanol–water partition coefficient (Wildman–Crippen LogP) is 12.4. The van der Waals surface area contributed by atoms with E-state index in [2.05, 4.69) is 143 Å². The Morgan fingerprint density at radius 1 is 0.404 bits per heavy atom. The quantitative estimate of drug-likeness (QED) is 0.176. The van der Waals surface area contributed by atoms with E-state index in [9.17, 15) is 0 Å². The first-order chi connectivity index (χ1) is 28.3. The monoisotopic (exact) mass is 730 g/mol. The van der Waals surface area contributed by atoms with E-state index in [4.69, 9.17) is 24.4 Å². The van der Waals surface area contributed by atoms with Gasteiger partial charge in [-0.3, -0.25) is 4.57 Å². The fourth-order valence-corrected chi connectivity index (χ4v) is 8.43. The summed E-state index contributed by atoms with van der Waals surface area (Å²) >= 11 is 0. The van der Waals surface area contributed by atoms with Gasteiger partial charge in [0.1, 0.15) is 5.52 Å². The summed E-state index contributed by atoms with van der Waals surface area (Å²) in [6, 6.07) is 62.8. The first-order valence-corrected chi connectivity index (χ1v) is 19.0. The molecule has 0 aliphatic carbocycles. The maximum atomic E-state index is 6.55. The van der Waals surface area contributed by atoms with Crippen molar-refractivity contribution in [2.75, 3.05) is 0 Å². The van der Waals surface area contributed by atoms with Crippen LogP contribution in [0.3, 0.4) is 0 Å². The second kappa shape index (κ2) is 12.3. The number of hydrogen-bond acceptors (Lipinski definition) is 5. The summed E-state index contributed by atoms with van der Waals surface area (Å²) in [5, 5.41) is 6.79. The van der Waals surface area contributed by atoms with Crippen LogP contribution in [0.4, 0.5) is 0 Å². The number of benzene rings is 8. The standard InChI is InChI=1S/C50H30N6O/c1-3-15-32(16-4-1)49-51-41-23-13-22-40(46(41)57-49)48-52-47(34-27-26-31-14-7-8-17-33(31)30-34)53-50(54-48)56-43-25-12-10-21-37(43)39-29-28-38-36-20-9-11-24-42(36)55(44(38)45(39)56)35-18-5-2-6-19-35/h1-30H. The number of rotatable bonds is 5. The number of para-hydroxylation sites is 4. The molecule has 57 heavy (non-hydrogen) atoms. The molecular weight excluding hydrogens is 701 g/mol. The minimum absolute atomic E-state index is 0.492. The lowest BCUT2D eigenvalue weighted by atomic mass is 10.1. The van der Waals surface area contributed by atoms with Crippen LogP contribution < -0.4 is 0 Å². The van der Waals surface area contributed by atoms with Gasteiger partial charge in [0.2, 0.25) is 11.8 Å². The molecule has 7 heteroatoms. The van der Waals surface area contributed by atoms with Gasteiger partial charge < -0.3 is 8.98 Å². The molecule has 7 nitrogen and oxygen atoms in total. The van der Waals surface area contributed by atoms with Crippen molar-refractivity contribution in [1.29, 1.82) is 0 Å². The Bertz CT molecular complexity index is 3530. The maximum absolute atomic E-state index is 6.55. The third-order valence-corrected chi connectivity index (χ3v) is 11.0. The summed E-state index contributed by atoms with van der Waals surface area (Å²) < 4.78 is 11.1. The largest absolute Gasteiger partial charge is 0.435 e. The molecule has 0 unspecified atom stereocenters. The number of fused-ring (bicyclic) bond motifs is 9. The molecule has 0 aliphatic heterocycles. The van der Waals surface area contributed by atoms with Gasteiger partial charge in [0, 0.05) is 38.4 Å². The SMILES string of the molecule is c1ccc(-c2nc3cccc(-c4nc(-c5ccc6ccccc6c5)nc(-n5c6ccccc6c6ccc7c8ccccc8n(-c8ccccc8)c7c65)n4)c3o2)cc1. The van der Waals surface area contributed by atoms with E-state index in [0.29, 0.717) is 29.1 Å². The Morgan fingerprint density at radius 3 is 1.81 bits per heavy atom. The fraction of sp³-hybridized carbons (Fsp3) is 0. The molecular formula is C50H30N6O. The zero-order valence-corrected chi connectivity index (χ0v) is 30.4. The third kappa shape index (κ3) is 4.86. The van der Waals surface area contributed by atoms with Gasteiger partial charge in [0.05, 0.1) is 27.6 Å². The Morgan fingerprint density at radius 2 is 1.04 bits per heavy atom. The van der Waals surface area contributed by atoms with Gasteiger partial charge in [-0.2, -0.15) is 9.97 Å². The average Bonchev–Trinajstić information content (AvgIpc) is 3.97. The minimum atomic E-state index is 0.492. The number of nitrogens with zero attached hydrogens (tertiary/aromatic N) is 6. The predicted molar refractivity (Wildman–Crippen MR) is 230 cm³/mol. The third-order valence-electron chi connectivity index (χ3n) is 11.0. The molecule has 266 valence electrons. The molecule has 0 spiro atoms. The van der Waals surface area contributed by atoms with Crippen molar-refractivity contribution < 1.29 is 4.42 Å². The number of hydrogen-bond donors (Lipinski definition) is 0. The molecule has 4 aromatic heterocycles. The molecule has 0 saturated heterocycles. The van der Waals surface area contributed by atoms with E-state index in [-0.39, 0.29) is 0 Å². The first kappa shape index (κ1) is 31.5. The van der Waals surface area contributed by atoms with Crippen molar-refractivity contribution in [3.05, 3.63) is 182 Å². The average molecular weight is 731 g/mol. The topological polar surface area (TPSA) is 74.6 Å². The Kier molecular flexibility index (Phi) is 6.79. The fourth-order valence-electron chi connectivity index (χ4n) is 8.43. The highest BCUT2D eigenvalue weighted by Crippen LogP contribution is 2.42. The van der Waals surface area contributed by atoms with Crippen LogP contribution in [-0.2, 0) is 0 Å². The van der Waals surface area contributed by atoms with Gasteiger partial charge in [-0.1, -0.05) is 127 Å². The van der Waals surface area contributed by atoms with Gasteiger partial charge in [0.15, 0.2) is 17.2 Å². The highest BCUT2D eigenvalue weighted by atomic mass is 16.3. The Balaban J connectivity index is 1.21. The second-order valence-electron chi connectivity index (χ2n) is 14.3. The van der Waals surface area contributed by atoms with Crippen LogP contribution in [-0.4, -0.2) is 29.1 Å². The Hall–Kier alpha value is -7.90. The van der Waals surface area contributed by atoms with Crippen LogP contribution >= 0.6 is 0 Å². The zero-order chi connectivity index (χ0) is 37.5. The van der Waals surface area contributed by atoms with E-state index in [1.54, 1.807) is 0 Å². The van der Waals surface area contributed by atoms with E-state index in [1.165, 1.54) is 5.39 Å². The summed E-state index contributed by atoms with van der Waals surface area (Å²) in [6.07, 6.45) is 0. The molecule has 8 aromatic carbocycles. The van der Waals surface area contributed by atoms with Gasteiger partial charge in [-0.05, 0) is 65.4 Å². The molecule has 0 saturated carbocycles. The van der Waals surface area contributed by atoms with Crippen molar-refractivity contribution in [1.82, 2.24) is 29.1 Å². The smallest absolute Gasteiger partial charge is 0.238 e. The van der Waals surface area contributed by atoms with Crippen molar-refractivity contribution in [3.8, 4) is 45.9 Å². The second-order valence-corrected chi connectivity index (χ2v) is 14.3. The molecule has 0 amide bonds. The highest BCUT2D eigenvalue weighted by molar-refractivity contribution is 6.23. The molecule has 0 aliphatic rings. The molecule has 0 bridgehead atoms. The van der Waals surface area contributed by atoms with Gasteiger partial charge in [-0.25, -0.2) is 9.97 Å². The summed E-state index contributed by atoms with van der Waals surface area (Å²) in [7, 11) is 0. The molecule has 0 N–H and O–H groups in total. The van der Waals surface area contributed by atoms with Crippen molar-refractivity contribution >= 4 is 65.5 Å². The lowest BCUT2D eigenvalue weighted by molar-refractivity contribution is 0.620. The molecule has 12 rings (SSSR count). The van der Waals surface area contributed by atoms with Crippen LogP contribution in [0.1, 0.15) is 0 Å². The van der Waals surface area contributed by atoms with E-state index >= 15 is 0 Å². The van der Waals surface area contributed by atoms with Gasteiger partial charge in [0.25, 0.3) is 0 Å². The maximum Gasteiger partial charge on any atom is 0.238 e. The van der Waals surface area contributed by atoms with Crippen molar-refractivity contribution in [2.45, 2.75) is 0 Å². The lowest BCUT2D eigenvalue weighted by Crippen LogP contribution is -2.07. The van der Waals surface area contributed by atoms with Crippen LogP contribution in [0, 0.1) is 0 Å². The van der Waals surface area contributed by atoms with E-state index in [1.807, 2.05) is 48.5 Å². The number of oxazole rings is 1. The molecule has 4 heterocycles.